The zero-order valence-electron chi connectivity index (χ0n) is 8.30. The molecule has 4 N–H and O–H groups in total. The number of amides is 1. The van der Waals surface area contributed by atoms with Gasteiger partial charge in [-0.25, -0.2) is 13.6 Å². The van der Waals surface area contributed by atoms with Crippen LogP contribution in [0.4, 0.5) is 0 Å². The predicted octanol–water partition coefficient (Wildman–Crippen LogP) is -0.439. The molecule has 0 aromatic heterocycles. The lowest BCUT2D eigenvalue weighted by atomic mass is 10.2. The van der Waals surface area contributed by atoms with E-state index in [0.717, 1.165) is 0 Å². The normalized spacial score (nSPS) is 10.3. The Morgan fingerprint density at radius 3 is 2.62 bits per heavy atom. The summed E-state index contributed by atoms with van der Waals surface area (Å²) in [5, 5.41) is 4.95. The largest absolute Gasteiger partial charge is 0.369 e. The van der Waals surface area contributed by atoms with Crippen molar-refractivity contribution >= 4 is 15.9 Å². The van der Waals surface area contributed by atoms with Gasteiger partial charge >= 0.3 is 0 Å². The number of sulfonamides is 1. The van der Waals surface area contributed by atoms with Gasteiger partial charge in [0.05, 0.1) is 11.3 Å². The van der Waals surface area contributed by atoms with Gasteiger partial charge in [0.25, 0.3) is 0 Å². The van der Waals surface area contributed by atoms with Crippen LogP contribution in [0.5, 0.6) is 0 Å². The molecular formula is C10H10N2O3S. The first-order chi connectivity index (χ1) is 7.39. The number of hydrogen-bond acceptors (Lipinski definition) is 3. The Labute approximate surface area is 93.5 Å². The van der Waals surface area contributed by atoms with Crippen LogP contribution in [-0.2, 0) is 14.8 Å². The van der Waals surface area contributed by atoms with E-state index in [-0.39, 0.29) is 11.3 Å². The molecule has 0 saturated heterocycles. The number of benzene rings is 1. The maximum absolute atomic E-state index is 11.0. The van der Waals surface area contributed by atoms with E-state index in [9.17, 15) is 13.2 Å². The molecule has 0 aliphatic rings. The Hall–Kier alpha value is -1.84. The third-order valence-corrected chi connectivity index (χ3v) is 2.57. The minimum atomic E-state index is -3.73. The molecule has 1 amide bonds. The highest BCUT2D eigenvalue weighted by atomic mass is 32.2. The van der Waals surface area contributed by atoms with Crippen molar-refractivity contribution in [3.05, 3.63) is 29.8 Å². The van der Waals surface area contributed by atoms with E-state index in [2.05, 4.69) is 11.8 Å². The molecule has 16 heavy (non-hydrogen) atoms. The van der Waals surface area contributed by atoms with E-state index in [4.69, 9.17) is 10.9 Å². The topological polar surface area (TPSA) is 103 Å². The van der Waals surface area contributed by atoms with Gasteiger partial charge in [-0.15, -0.1) is 0 Å². The maximum atomic E-state index is 11.0. The first-order valence-electron chi connectivity index (χ1n) is 4.29. The lowest BCUT2D eigenvalue weighted by Gasteiger charge is -1.97. The van der Waals surface area contributed by atoms with E-state index in [1.54, 1.807) is 6.07 Å². The second kappa shape index (κ2) is 4.79. The highest BCUT2D eigenvalue weighted by molar-refractivity contribution is 7.89. The Bertz CT molecular complexity index is 567. The first-order valence-corrected chi connectivity index (χ1v) is 5.84. The number of primary sulfonamides is 1. The Morgan fingerprint density at radius 1 is 1.38 bits per heavy atom. The SMILES string of the molecule is NC(=O)CC#Cc1cccc(S(N)(=O)=O)c1. The number of carbonyl (C=O) groups excluding carboxylic acids is 1. The fraction of sp³-hybridized carbons (Fsp3) is 0.100. The summed E-state index contributed by atoms with van der Waals surface area (Å²) >= 11 is 0. The van der Waals surface area contributed by atoms with Crippen LogP contribution in [0.1, 0.15) is 12.0 Å². The van der Waals surface area contributed by atoms with E-state index in [0.29, 0.717) is 5.56 Å². The summed E-state index contributed by atoms with van der Waals surface area (Å²) in [4.78, 5) is 10.4. The Kier molecular flexibility index (Phi) is 3.66. The van der Waals surface area contributed by atoms with Crippen molar-refractivity contribution in [3.8, 4) is 11.8 Å². The molecule has 0 atom stereocenters. The Balaban J connectivity index is 2.99. The maximum Gasteiger partial charge on any atom is 0.238 e. The molecular weight excluding hydrogens is 228 g/mol. The van der Waals surface area contributed by atoms with E-state index >= 15 is 0 Å². The van der Waals surface area contributed by atoms with Crippen LogP contribution in [0, 0.1) is 11.8 Å². The zero-order chi connectivity index (χ0) is 12.2. The van der Waals surface area contributed by atoms with Gasteiger partial charge in [-0.05, 0) is 18.2 Å². The summed E-state index contributed by atoms with van der Waals surface area (Å²) in [6.45, 7) is 0. The number of hydrogen-bond donors (Lipinski definition) is 2. The number of rotatable bonds is 2. The van der Waals surface area contributed by atoms with E-state index in [1.165, 1.54) is 18.2 Å². The lowest BCUT2D eigenvalue weighted by molar-refractivity contribution is -0.117. The molecule has 0 saturated carbocycles. The lowest BCUT2D eigenvalue weighted by Crippen LogP contribution is -2.12. The minimum absolute atomic E-state index is 0.0154. The van der Waals surface area contributed by atoms with Crippen molar-refractivity contribution in [1.82, 2.24) is 0 Å². The molecule has 1 aromatic carbocycles. The fourth-order valence-corrected chi connectivity index (χ4v) is 1.54. The smallest absolute Gasteiger partial charge is 0.238 e. The van der Waals surface area contributed by atoms with Crippen LogP contribution < -0.4 is 10.9 Å². The van der Waals surface area contributed by atoms with Crippen LogP contribution in [0.2, 0.25) is 0 Å². The van der Waals surface area contributed by atoms with Crippen molar-refractivity contribution in [2.24, 2.45) is 10.9 Å². The van der Waals surface area contributed by atoms with Gasteiger partial charge in [0.1, 0.15) is 0 Å². The van der Waals surface area contributed by atoms with Gasteiger partial charge < -0.3 is 5.73 Å². The van der Waals surface area contributed by atoms with Crippen LogP contribution >= 0.6 is 0 Å². The summed E-state index contributed by atoms with van der Waals surface area (Å²) in [6, 6.07) is 5.84. The average molecular weight is 238 g/mol. The molecule has 6 heteroatoms. The third kappa shape index (κ3) is 3.73. The van der Waals surface area contributed by atoms with Crippen molar-refractivity contribution in [3.63, 3.8) is 0 Å². The standard InChI is InChI=1S/C10H10N2O3S/c11-10(13)6-2-4-8-3-1-5-9(7-8)16(12,14)15/h1,3,5,7H,6H2,(H2,11,13)(H2,12,14,15). The van der Waals surface area contributed by atoms with E-state index in [1.807, 2.05) is 0 Å². The molecule has 0 aliphatic carbocycles. The second-order valence-corrected chi connectivity index (χ2v) is 4.58. The summed E-state index contributed by atoms with van der Waals surface area (Å²) in [5.74, 6) is 4.60. The van der Waals surface area contributed by atoms with Gasteiger partial charge in [-0.1, -0.05) is 17.9 Å². The second-order valence-electron chi connectivity index (χ2n) is 3.02. The van der Waals surface area contributed by atoms with Crippen molar-refractivity contribution in [1.29, 1.82) is 0 Å². The van der Waals surface area contributed by atoms with Gasteiger partial charge in [0, 0.05) is 5.56 Å². The minimum Gasteiger partial charge on any atom is -0.369 e. The molecule has 0 bridgehead atoms. The van der Waals surface area contributed by atoms with Crippen molar-refractivity contribution in [2.75, 3.05) is 0 Å². The molecule has 84 valence electrons. The van der Waals surface area contributed by atoms with Crippen LogP contribution in [0.25, 0.3) is 0 Å². The summed E-state index contributed by atoms with van der Waals surface area (Å²) < 4.78 is 22.0. The number of primary amides is 1. The third-order valence-electron chi connectivity index (χ3n) is 1.66. The van der Waals surface area contributed by atoms with Crippen LogP contribution in [0.15, 0.2) is 29.2 Å². The predicted molar refractivity (Wildman–Crippen MR) is 58.5 cm³/mol. The van der Waals surface area contributed by atoms with Gasteiger partial charge in [-0.3, -0.25) is 4.79 Å². The monoisotopic (exact) mass is 238 g/mol. The summed E-state index contributed by atoms with van der Waals surface area (Å²) in [7, 11) is -3.73. The van der Waals surface area contributed by atoms with Gasteiger partial charge in [-0.2, -0.15) is 0 Å². The van der Waals surface area contributed by atoms with Gasteiger partial charge in [0.2, 0.25) is 15.9 Å². The quantitative estimate of drug-likeness (QED) is 0.682. The highest BCUT2D eigenvalue weighted by Gasteiger charge is 2.06. The Morgan fingerprint density at radius 2 is 2.06 bits per heavy atom. The van der Waals surface area contributed by atoms with Crippen molar-refractivity contribution in [2.45, 2.75) is 11.3 Å². The zero-order valence-corrected chi connectivity index (χ0v) is 9.12. The number of carbonyl (C=O) groups is 1. The summed E-state index contributed by atoms with van der Waals surface area (Å²) in [5.41, 5.74) is 5.36. The van der Waals surface area contributed by atoms with Crippen LogP contribution in [0.3, 0.4) is 0 Å². The average Bonchev–Trinajstić information content (AvgIpc) is 2.16. The molecule has 1 rings (SSSR count). The molecule has 5 nitrogen and oxygen atoms in total. The number of nitrogens with two attached hydrogens (primary N) is 2. The molecule has 0 aliphatic heterocycles. The highest BCUT2D eigenvalue weighted by Crippen LogP contribution is 2.08. The summed E-state index contributed by atoms with van der Waals surface area (Å²) in [6.07, 6.45) is -0.0698. The molecule has 0 radical (unpaired) electrons. The molecule has 1 aromatic rings. The first kappa shape index (κ1) is 12.2. The molecule has 0 spiro atoms. The van der Waals surface area contributed by atoms with E-state index < -0.39 is 15.9 Å². The fourth-order valence-electron chi connectivity index (χ4n) is 0.984. The van der Waals surface area contributed by atoms with Crippen LogP contribution in [-0.4, -0.2) is 14.3 Å². The van der Waals surface area contributed by atoms with Gasteiger partial charge in [0.15, 0.2) is 0 Å². The molecule has 0 heterocycles. The van der Waals surface area contributed by atoms with Crippen molar-refractivity contribution < 1.29 is 13.2 Å². The molecule has 0 fully saturated rings. The molecule has 0 unspecified atom stereocenters.